The number of carboxylic acids is 1. The van der Waals surface area contributed by atoms with E-state index in [1.807, 2.05) is 31.5 Å². The zero-order valence-electron chi connectivity index (χ0n) is 19.1. The van der Waals surface area contributed by atoms with Crippen LogP contribution in [0.4, 0.5) is 17.4 Å². The zero-order valence-corrected chi connectivity index (χ0v) is 19.9. The number of aromatic nitrogens is 2. The van der Waals surface area contributed by atoms with Gasteiger partial charge in [0.1, 0.15) is 5.75 Å². The van der Waals surface area contributed by atoms with E-state index in [1.165, 1.54) is 17.6 Å². The van der Waals surface area contributed by atoms with Gasteiger partial charge in [0.15, 0.2) is 0 Å². The molecule has 1 aliphatic carbocycles. The highest BCUT2D eigenvalue weighted by Crippen LogP contribution is 2.36. The van der Waals surface area contributed by atoms with Crippen LogP contribution in [0.5, 0.6) is 5.75 Å². The SMILES string of the molecule is CNc1ccc(C2CCC(C(=O)O)CC2)cc1.CSOc1cccc(Nc2nnc(C=O)o2)c1. The Labute approximate surface area is 202 Å². The molecule has 1 saturated carbocycles. The van der Waals surface area contributed by atoms with Gasteiger partial charge in [-0.1, -0.05) is 23.3 Å². The second-order valence-corrected chi connectivity index (χ2v) is 8.22. The normalized spacial score (nSPS) is 17.1. The van der Waals surface area contributed by atoms with Crippen LogP contribution in [0.2, 0.25) is 0 Å². The number of nitrogens with zero attached hydrogens (tertiary/aromatic N) is 2. The summed E-state index contributed by atoms with van der Waals surface area (Å²) in [6.07, 6.45) is 5.94. The van der Waals surface area contributed by atoms with E-state index in [0.29, 0.717) is 18.0 Å². The van der Waals surface area contributed by atoms with Crippen LogP contribution in [0.3, 0.4) is 0 Å². The average molecular weight is 485 g/mol. The number of rotatable bonds is 8. The molecule has 1 aliphatic rings. The molecule has 0 amide bonds. The summed E-state index contributed by atoms with van der Waals surface area (Å²) in [5, 5.41) is 22.1. The van der Waals surface area contributed by atoms with E-state index in [1.54, 1.807) is 6.07 Å². The molecule has 10 heteroatoms. The van der Waals surface area contributed by atoms with Crippen molar-refractivity contribution >= 4 is 41.7 Å². The Balaban J connectivity index is 0.000000191. The monoisotopic (exact) mass is 484 g/mol. The first kappa shape index (κ1) is 25.1. The van der Waals surface area contributed by atoms with E-state index in [4.69, 9.17) is 13.7 Å². The van der Waals surface area contributed by atoms with Gasteiger partial charge in [-0.3, -0.25) is 9.59 Å². The van der Waals surface area contributed by atoms with Crippen LogP contribution in [0.15, 0.2) is 52.9 Å². The second kappa shape index (κ2) is 12.6. The smallest absolute Gasteiger partial charge is 0.320 e. The number of nitrogens with one attached hydrogen (secondary N) is 2. The fraction of sp³-hybridized carbons (Fsp3) is 0.333. The Morgan fingerprint density at radius 3 is 2.44 bits per heavy atom. The number of anilines is 3. The maximum absolute atomic E-state index is 10.9. The Morgan fingerprint density at radius 2 is 1.85 bits per heavy atom. The van der Waals surface area contributed by atoms with E-state index in [9.17, 15) is 9.59 Å². The zero-order chi connectivity index (χ0) is 24.3. The van der Waals surface area contributed by atoms with Crippen molar-refractivity contribution in [3.63, 3.8) is 0 Å². The Hall–Kier alpha value is -3.53. The first-order valence-electron chi connectivity index (χ1n) is 10.9. The van der Waals surface area contributed by atoms with Crippen molar-refractivity contribution in [3.8, 4) is 5.75 Å². The summed E-state index contributed by atoms with van der Waals surface area (Å²) < 4.78 is 10.3. The molecule has 1 fully saturated rings. The number of carboxylic acid groups (broad SMARTS) is 1. The Bertz CT molecular complexity index is 1070. The van der Waals surface area contributed by atoms with Gasteiger partial charge in [0, 0.05) is 30.7 Å². The molecule has 0 bridgehead atoms. The molecule has 0 unspecified atom stereocenters. The van der Waals surface area contributed by atoms with E-state index >= 15 is 0 Å². The highest BCUT2D eigenvalue weighted by atomic mass is 32.2. The lowest BCUT2D eigenvalue weighted by atomic mass is 9.79. The van der Waals surface area contributed by atoms with Crippen molar-refractivity contribution in [3.05, 3.63) is 60.0 Å². The van der Waals surface area contributed by atoms with Crippen molar-refractivity contribution in [2.24, 2.45) is 5.92 Å². The molecule has 1 aromatic heterocycles. The third kappa shape index (κ3) is 7.24. The lowest BCUT2D eigenvalue weighted by molar-refractivity contribution is -0.142. The van der Waals surface area contributed by atoms with Crippen molar-refractivity contribution in [2.75, 3.05) is 23.9 Å². The molecule has 0 spiro atoms. The molecule has 34 heavy (non-hydrogen) atoms. The summed E-state index contributed by atoms with van der Waals surface area (Å²) in [4.78, 5) is 21.2. The van der Waals surface area contributed by atoms with E-state index in [0.717, 1.165) is 37.1 Å². The fourth-order valence-corrected chi connectivity index (χ4v) is 4.07. The van der Waals surface area contributed by atoms with Crippen molar-refractivity contribution < 1.29 is 23.3 Å². The molecule has 9 nitrogen and oxygen atoms in total. The molecule has 0 saturated heterocycles. The highest BCUT2D eigenvalue weighted by Gasteiger charge is 2.26. The van der Waals surface area contributed by atoms with Gasteiger partial charge in [0.05, 0.1) is 18.0 Å². The van der Waals surface area contributed by atoms with Crippen LogP contribution in [-0.2, 0) is 4.79 Å². The van der Waals surface area contributed by atoms with Crippen LogP contribution >= 0.6 is 12.0 Å². The van der Waals surface area contributed by atoms with Crippen LogP contribution in [-0.4, -0.2) is 40.9 Å². The largest absolute Gasteiger partial charge is 0.481 e. The van der Waals surface area contributed by atoms with E-state index < -0.39 is 5.97 Å². The number of aldehydes is 1. The van der Waals surface area contributed by atoms with Crippen molar-refractivity contribution in [1.82, 2.24) is 10.2 Å². The van der Waals surface area contributed by atoms with E-state index in [2.05, 4.69) is 45.1 Å². The maximum atomic E-state index is 10.9. The lowest BCUT2D eigenvalue weighted by Gasteiger charge is -2.26. The maximum Gasteiger partial charge on any atom is 0.320 e. The van der Waals surface area contributed by atoms with Gasteiger partial charge >= 0.3 is 12.0 Å². The van der Waals surface area contributed by atoms with Crippen LogP contribution in [0.25, 0.3) is 0 Å². The number of hydrogen-bond donors (Lipinski definition) is 3. The molecule has 1 heterocycles. The van der Waals surface area contributed by atoms with Crippen LogP contribution in [0, 0.1) is 5.92 Å². The molecule has 2 aromatic carbocycles. The van der Waals surface area contributed by atoms with Gasteiger partial charge in [0.2, 0.25) is 6.29 Å². The van der Waals surface area contributed by atoms with Gasteiger partial charge in [-0.05, 0) is 61.4 Å². The number of benzene rings is 2. The quantitative estimate of drug-likeness (QED) is 0.284. The number of carbonyl (C=O) groups excluding carboxylic acids is 1. The third-order valence-corrected chi connectivity index (χ3v) is 5.91. The molecule has 3 aromatic rings. The summed E-state index contributed by atoms with van der Waals surface area (Å²) in [6.45, 7) is 0. The van der Waals surface area contributed by atoms with Gasteiger partial charge in [-0.2, -0.15) is 0 Å². The van der Waals surface area contributed by atoms with Crippen LogP contribution in [0.1, 0.15) is 47.8 Å². The molecule has 0 aliphatic heterocycles. The first-order chi connectivity index (χ1) is 16.5. The minimum Gasteiger partial charge on any atom is -0.481 e. The minimum absolute atomic E-state index is 0.0657. The minimum atomic E-state index is -0.631. The topological polar surface area (TPSA) is 127 Å². The highest BCUT2D eigenvalue weighted by molar-refractivity contribution is 7.94. The van der Waals surface area contributed by atoms with Gasteiger partial charge < -0.3 is 24.3 Å². The van der Waals surface area contributed by atoms with Crippen molar-refractivity contribution in [1.29, 1.82) is 0 Å². The summed E-state index contributed by atoms with van der Waals surface area (Å²) in [7, 11) is 1.91. The van der Waals surface area contributed by atoms with E-state index in [-0.39, 0.29) is 17.8 Å². The first-order valence-corrected chi connectivity index (χ1v) is 12.0. The van der Waals surface area contributed by atoms with Gasteiger partial charge in [0.25, 0.3) is 5.89 Å². The Kier molecular flexibility index (Phi) is 9.33. The average Bonchev–Trinajstić information content (AvgIpc) is 3.32. The number of aliphatic carboxylic acids is 1. The molecule has 3 N–H and O–H groups in total. The predicted molar refractivity (Wildman–Crippen MR) is 132 cm³/mol. The molecule has 0 atom stereocenters. The number of hydrogen-bond acceptors (Lipinski definition) is 9. The standard InChI is InChI=1S/C14H19NO2.C10H9N3O3S/c1-15-13-8-6-11(7-9-13)10-2-4-12(5-3-10)14(16)17;1-17-16-8-4-2-3-7(5-8)11-10-13-12-9(6-14)15-10/h6-10,12,15H,2-5H2,1H3,(H,16,17);2-6H,1H3,(H,11,13). The summed E-state index contributed by atoms with van der Waals surface area (Å²) in [5.41, 5.74) is 3.19. The van der Waals surface area contributed by atoms with Gasteiger partial charge in [-0.15, -0.1) is 5.10 Å². The molecular formula is C24H28N4O5S. The second-order valence-electron chi connectivity index (χ2n) is 7.72. The number of carbonyl (C=O) groups is 2. The fourth-order valence-electron chi connectivity index (χ4n) is 3.77. The summed E-state index contributed by atoms with van der Waals surface area (Å²) >= 11 is 1.25. The van der Waals surface area contributed by atoms with Crippen molar-refractivity contribution in [2.45, 2.75) is 31.6 Å². The molecule has 0 radical (unpaired) electrons. The predicted octanol–water partition coefficient (Wildman–Crippen LogP) is 5.37. The third-order valence-electron chi connectivity index (χ3n) is 5.55. The molecular weight excluding hydrogens is 456 g/mol. The molecule has 180 valence electrons. The molecule has 4 rings (SSSR count). The Morgan fingerprint density at radius 1 is 1.12 bits per heavy atom. The van der Waals surface area contributed by atoms with Gasteiger partial charge in [-0.25, -0.2) is 0 Å². The lowest BCUT2D eigenvalue weighted by Crippen LogP contribution is -2.20. The summed E-state index contributed by atoms with van der Waals surface area (Å²) in [5.74, 6) is 0.426. The van der Waals surface area contributed by atoms with Crippen LogP contribution < -0.4 is 14.8 Å². The summed E-state index contributed by atoms with van der Waals surface area (Å²) in [6, 6.07) is 15.9.